The lowest BCUT2D eigenvalue weighted by Gasteiger charge is -2.39. The molecule has 0 spiro atoms. The Morgan fingerprint density at radius 1 is 1.15 bits per heavy atom. The third kappa shape index (κ3) is 5.95. The molecule has 2 amide bonds. The molecule has 2 aliphatic heterocycles. The van der Waals surface area contributed by atoms with Gasteiger partial charge in [0.05, 0.1) is 11.8 Å². The van der Waals surface area contributed by atoms with Crippen LogP contribution in [-0.4, -0.2) is 88.7 Å². The van der Waals surface area contributed by atoms with E-state index in [0.29, 0.717) is 31.5 Å². The summed E-state index contributed by atoms with van der Waals surface area (Å²) in [6, 6.07) is 7.77. The van der Waals surface area contributed by atoms with Crippen LogP contribution in [-0.2, 0) is 11.3 Å². The molecular formula is C24H32BrN5O3. The van der Waals surface area contributed by atoms with Crippen LogP contribution in [0.4, 0.5) is 0 Å². The lowest BCUT2D eigenvalue weighted by atomic mass is 9.90. The summed E-state index contributed by atoms with van der Waals surface area (Å²) in [6.45, 7) is 7.07. The van der Waals surface area contributed by atoms with Gasteiger partial charge in [0.1, 0.15) is 11.9 Å². The van der Waals surface area contributed by atoms with Crippen molar-refractivity contribution >= 4 is 27.7 Å². The Kier molecular flexibility index (Phi) is 7.70. The van der Waals surface area contributed by atoms with Crippen LogP contribution < -0.4 is 4.74 Å². The van der Waals surface area contributed by atoms with Crippen molar-refractivity contribution in [2.24, 2.45) is 5.92 Å². The molecule has 1 aromatic carbocycles. The van der Waals surface area contributed by atoms with Crippen molar-refractivity contribution in [1.29, 1.82) is 0 Å². The van der Waals surface area contributed by atoms with Gasteiger partial charge in [-0.25, -0.2) is 0 Å². The van der Waals surface area contributed by atoms with E-state index in [-0.39, 0.29) is 23.8 Å². The number of hydrogen-bond acceptors (Lipinski definition) is 5. The smallest absolute Gasteiger partial charge is 0.257 e. The Morgan fingerprint density at radius 3 is 2.64 bits per heavy atom. The molecule has 0 saturated carbocycles. The quantitative estimate of drug-likeness (QED) is 0.589. The van der Waals surface area contributed by atoms with Gasteiger partial charge in [0, 0.05) is 75.2 Å². The zero-order valence-electron chi connectivity index (χ0n) is 19.3. The van der Waals surface area contributed by atoms with Gasteiger partial charge in [-0.2, -0.15) is 5.10 Å². The number of aromatic nitrogens is 2. The van der Waals surface area contributed by atoms with Crippen molar-refractivity contribution in [3.8, 4) is 5.75 Å². The number of benzene rings is 1. The van der Waals surface area contributed by atoms with Crippen LogP contribution in [0.3, 0.4) is 0 Å². The summed E-state index contributed by atoms with van der Waals surface area (Å²) in [5.74, 6) is 0.808. The first-order valence-electron chi connectivity index (χ1n) is 11.6. The molecule has 0 radical (unpaired) electrons. The van der Waals surface area contributed by atoms with Crippen LogP contribution >= 0.6 is 15.9 Å². The number of carbonyl (C=O) groups excluding carboxylic acids is 2. The molecule has 2 atom stereocenters. The molecule has 9 heteroatoms. The van der Waals surface area contributed by atoms with Crippen molar-refractivity contribution in [1.82, 2.24) is 24.5 Å². The molecule has 2 saturated heterocycles. The average molecular weight is 518 g/mol. The minimum atomic E-state index is -0.127. The van der Waals surface area contributed by atoms with Crippen molar-refractivity contribution in [3.63, 3.8) is 0 Å². The standard InChI is InChI=1S/C24H32BrN5O3/c1-3-30-17-19(15-26-30)24(32)29-8-7-22(33-21-6-4-5-20(25)14-21)18(16-29)13-23(31)28-11-9-27(2)10-12-28/h4-6,14-15,17-18,22H,3,7-13,16H2,1-2H3/t18-,22-/m0/s1. The van der Waals surface area contributed by atoms with Gasteiger partial charge in [-0.1, -0.05) is 22.0 Å². The van der Waals surface area contributed by atoms with E-state index in [4.69, 9.17) is 4.74 Å². The Bertz CT molecular complexity index is 973. The van der Waals surface area contributed by atoms with E-state index in [0.717, 1.165) is 42.9 Å². The number of amides is 2. The van der Waals surface area contributed by atoms with E-state index in [1.54, 1.807) is 17.1 Å². The lowest BCUT2D eigenvalue weighted by molar-refractivity contribution is -0.135. The van der Waals surface area contributed by atoms with E-state index < -0.39 is 0 Å². The zero-order chi connectivity index (χ0) is 23.4. The number of likely N-dealkylation sites (N-methyl/N-ethyl adjacent to an activating group) is 1. The van der Waals surface area contributed by atoms with Crippen LogP contribution in [0.1, 0.15) is 30.1 Å². The SMILES string of the molecule is CCn1cc(C(=O)N2CC[C@H](Oc3cccc(Br)c3)[C@@H](CC(=O)N3CCN(C)CC3)C2)cn1. The summed E-state index contributed by atoms with van der Waals surface area (Å²) in [5.41, 5.74) is 0.590. The van der Waals surface area contributed by atoms with Gasteiger partial charge in [-0.15, -0.1) is 0 Å². The molecule has 3 heterocycles. The monoisotopic (exact) mass is 517 g/mol. The van der Waals surface area contributed by atoms with Crippen LogP contribution in [0.5, 0.6) is 5.75 Å². The van der Waals surface area contributed by atoms with E-state index >= 15 is 0 Å². The van der Waals surface area contributed by atoms with Gasteiger partial charge in [-0.05, 0) is 32.2 Å². The molecule has 8 nitrogen and oxygen atoms in total. The van der Waals surface area contributed by atoms with Gasteiger partial charge in [0.2, 0.25) is 5.91 Å². The van der Waals surface area contributed by atoms with E-state index in [1.807, 2.05) is 41.0 Å². The van der Waals surface area contributed by atoms with E-state index in [1.165, 1.54) is 0 Å². The average Bonchev–Trinajstić information content (AvgIpc) is 3.29. The summed E-state index contributed by atoms with van der Waals surface area (Å²) in [4.78, 5) is 32.3. The lowest BCUT2D eigenvalue weighted by Crippen LogP contribution is -2.51. The van der Waals surface area contributed by atoms with Crippen LogP contribution in [0.15, 0.2) is 41.1 Å². The van der Waals surface area contributed by atoms with Crippen molar-refractivity contribution in [3.05, 3.63) is 46.7 Å². The fourth-order valence-corrected chi connectivity index (χ4v) is 4.88. The maximum atomic E-state index is 13.1. The van der Waals surface area contributed by atoms with Crippen molar-refractivity contribution < 1.29 is 14.3 Å². The number of hydrogen-bond donors (Lipinski definition) is 0. The third-order valence-corrected chi connectivity index (χ3v) is 7.03. The third-order valence-electron chi connectivity index (χ3n) is 6.53. The number of piperazine rings is 1. The van der Waals surface area contributed by atoms with Crippen LogP contribution in [0.2, 0.25) is 0 Å². The molecule has 0 unspecified atom stereocenters. The summed E-state index contributed by atoms with van der Waals surface area (Å²) < 4.78 is 9.05. The number of carbonyl (C=O) groups is 2. The topological polar surface area (TPSA) is 70.9 Å². The summed E-state index contributed by atoms with van der Waals surface area (Å²) in [7, 11) is 2.08. The second kappa shape index (κ2) is 10.7. The number of aryl methyl sites for hydroxylation is 1. The summed E-state index contributed by atoms with van der Waals surface area (Å²) >= 11 is 3.50. The molecule has 0 aliphatic carbocycles. The predicted molar refractivity (Wildman–Crippen MR) is 129 cm³/mol. The largest absolute Gasteiger partial charge is 0.490 e. The maximum Gasteiger partial charge on any atom is 0.257 e. The molecule has 4 rings (SSSR count). The summed E-state index contributed by atoms with van der Waals surface area (Å²) in [5, 5.41) is 4.24. The molecule has 178 valence electrons. The molecule has 0 bridgehead atoms. The molecule has 2 fully saturated rings. The minimum Gasteiger partial charge on any atom is -0.490 e. The predicted octanol–water partition coefficient (Wildman–Crippen LogP) is 2.74. The summed E-state index contributed by atoms with van der Waals surface area (Å²) in [6.07, 6.45) is 4.34. The fraction of sp³-hybridized carbons (Fsp3) is 0.542. The number of nitrogens with zero attached hydrogens (tertiary/aromatic N) is 5. The number of likely N-dealkylation sites (tertiary alicyclic amines) is 1. The number of halogens is 1. The van der Waals surface area contributed by atoms with Crippen LogP contribution in [0, 0.1) is 5.92 Å². The van der Waals surface area contributed by atoms with Gasteiger partial charge >= 0.3 is 0 Å². The van der Waals surface area contributed by atoms with Crippen molar-refractivity contribution in [2.45, 2.75) is 32.4 Å². The Morgan fingerprint density at radius 2 is 1.94 bits per heavy atom. The minimum absolute atomic E-state index is 0.0346. The molecule has 2 aliphatic rings. The van der Waals surface area contributed by atoms with E-state index in [9.17, 15) is 9.59 Å². The van der Waals surface area contributed by atoms with Crippen LogP contribution in [0.25, 0.3) is 0 Å². The normalized spacial score (nSPS) is 21.8. The Labute approximate surface area is 203 Å². The first-order valence-corrected chi connectivity index (χ1v) is 12.4. The number of piperidine rings is 1. The highest BCUT2D eigenvalue weighted by Crippen LogP contribution is 2.28. The molecule has 33 heavy (non-hydrogen) atoms. The maximum absolute atomic E-state index is 13.1. The van der Waals surface area contributed by atoms with Gasteiger partial charge in [-0.3, -0.25) is 14.3 Å². The molecular weight excluding hydrogens is 486 g/mol. The van der Waals surface area contributed by atoms with Gasteiger partial charge in [0.15, 0.2) is 0 Å². The highest BCUT2D eigenvalue weighted by molar-refractivity contribution is 9.10. The highest BCUT2D eigenvalue weighted by Gasteiger charge is 2.36. The second-order valence-corrected chi connectivity index (χ2v) is 9.80. The van der Waals surface area contributed by atoms with E-state index in [2.05, 4.69) is 33.0 Å². The number of ether oxygens (including phenoxy) is 1. The number of rotatable bonds is 6. The van der Waals surface area contributed by atoms with Gasteiger partial charge in [0.25, 0.3) is 5.91 Å². The fourth-order valence-electron chi connectivity index (χ4n) is 4.50. The Hall–Kier alpha value is -2.39. The first kappa shape index (κ1) is 23.8. The zero-order valence-corrected chi connectivity index (χ0v) is 20.9. The molecule has 0 N–H and O–H groups in total. The Balaban J connectivity index is 1.47. The molecule has 1 aromatic heterocycles. The first-order chi connectivity index (χ1) is 15.9. The highest BCUT2D eigenvalue weighted by atomic mass is 79.9. The molecule has 2 aromatic rings. The van der Waals surface area contributed by atoms with Crippen molar-refractivity contribution in [2.75, 3.05) is 46.3 Å². The van der Waals surface area contributed by atoms with Gasteiger partial charge < -0.3 is 19.4 Å². The second-order valence-electron chi connectivity index (χ2n) is 8.89.